The van der Waals surface area contributed by atoms with Gasteiger partial charge in [0.15, 0.2) is 0 Å². The van der Waals surface area contributed by atoms with Crippen molar-refractivity contribution in [2.75, 3.05) is 26.2 Å². The second kappa shape index (κ2) is 36.6. The van der Waals surface area contributed by atoms with Crippen LogP contribution in [0.3, 0.4) is 0 Å². The minimum absolute atomic E-state index is 0. The molecule has 0 bridgehead atoms. The summed E-state index contributed by atoms with van der Waals surface area (Å²) in [7, 11) is 0. The molecule has 0 radical (unpaired) electrons. The molecule has 0 amide bonds. The maximum Gasteiger partial charge on any atom is 0.0786 e. The van der Waals surface area contributed by atoms with Gasteiger partial charge in [-0.25, -0.2) is 0 Å². The predicted molar refractivity (Wildman–Crippen MR) is 186 cm³/mol. The molecular weight excluding hydrogens is 562 g/mol. The number of hydrogen-bond acceptors (Lipinski definition) is 0. The first-order valence-electron chi connectivity index (χ1n) is 19.6. The standard InChI is InChI=1S/C39H82N.BrH/c1-5-9-13-14-15-16-17-18-19-20-21-22-23-24-25-26-27-28-29-30-31-32-33-34-35-39-40(36-10-6-2,37-11-7-3)38-12-8-4;/h5-39H2,1-4H3;1H/q+1;/p-1. The molecule has 1 nitrogen and oxygen atoms in total. The molecule has 0 heterocycles. The van der Waals surface area contributed by atoms with Gasteiger partial charge in [-0.05, 0) is 32.1 Å². The lowest BCUT2D eigenvalue weighted by Gasteiger charge is -2.39. The van der Waals surface area contributed by atoms with Crippen LogP contribution in [0.1, 0.15) is 227 Å². The summed E-state index contributed by atoms with van der Waals surface area (Å²) in [6.07, 6.45) is 45.4. The Balaban J connectivity index is 0. The fraction of sp³-hybridized carbons (Fsp3) is 1.00. The van der Waals surface area contributed by atoms with E-state index in [0.717, 1.165) is 0 Å². The third-order valence-corrected chi connectivity index (χ3v) is 9.69. The highest BCUT2D eigenvalue weighted by Crippen LogP contribution is 2.19. The van der Waals surface area contributed by atoms with Gasteiger partial charge in [0, 0.05) is 0 Å². The Labute approximate surface area is 273 Å². The van der Waals surface area contributed by atoms with Gasteiger partial charge < -0.3 is 21.5 Å². The zero-order chi connectivity index (χ0) is 29.2. The molecule has 0 aromatic heterocycles. The van der Waals surface area contributed by atoms with E-state index in [1.807, 2.05) is 0 Å². The van der Waals surface area contributed by atoms with Crippen LogP contribution in [0.4, 0.5) is 0 Å². The normalized spacial score (nSPS) is 11.7. The molecule has 0 saturated heterocycles. The number of nitrogens with zero attached hydrogens (tertiary/aromatic N) is 1. The Morgan fingerprint density at radius 2 is 0.390 bits per heavy atom. The van der Waals surface area contributed by atoms with E-state index in [-0.39, 0.29) is 17.0 Å². The zero-order valence-corrected chi connectivity index (χ0v) is 31.2. The molecule has 0 atom stereocenters. The Hall–Kier alpha value is 0.440. The van der Waals surface area contributed by atoms with E-state index in [9.17, 15) is 0 Å². The van der Waals surface area contributed by atoms with Gasteiger partial charge in [0.05, 0.1) is 26.2 Å². The fourth-order valence-corrected chi connectivity index (χ4v) is 6.74. The maximum atomic E-state index is 2.37. The first-order chi connectivity index (χ1) is 19.7. The summed E-state index contributed by atoms with van der Waals surface area (Å²) in [6.45, 7) is 15.2. The molecule has 0 aliphatic heterocycles. The van der Waals surface area contributed by atoms with E-state index in [4.69, 9.17) is 0 Å². The smallest absolute Gasteiger partial charge is 0.0786 e. The highest BCUT2D eigenvalue weighted by atomic mass is 79.9. The van der Waals surface area contributed by atoms with E-state index in [2.05, 4.69) is 27.7 Å². The Kier molecular flexibility index (Phi) is 38.9. The third kappa shape index (κ3) is 31.7. The Morgan fingerprint density at radius 3 is 0.610 bits per heavy atom. The molecular formula is C39H82BrN. The van der Waals surface area contributed by atoms with Crippen molar-refractivity contribution in [3.05, 3.63) is 0 Å². The first-order valence-corrected chi connectivity index (χ1v) is 19.6. The number of quaternary nitrogens is 1. The van der Waals surface area contributed by atoms with Crippen molar-refractivity contribution in [1.29, 1.82) is 0 Å². The van der Waals surface area contributed by atoms with E-state index in [1.54, 1.807) is 0 Å². The van der Waals surface area contributed by atoms with Crippen molar-refractivity contribution >= 4 is 0 Å². The van der Waals surface area contributed by atoms with Gasteiger partial charge >= 0.3 is 0 Å². The van der Waals surface area contributed by atoms with Crippen molar-refractivity contribution in [1.82, 2.24) is 0 Å². The number of unbranched alkanes of at least 4 members (excludes halogenated alkanes) is 27. The van der Waals surface area contributed by atoms with E-state index in [1.165, 1.54) is 230 Å². The van der Waals surface area contributed by atoms with E-state index in [0.29, 0.717) is 0 Å². The van der Waals surface area contributed by atoms with Crippen LogP contribution in [0.15, 0.2) is 0 Å². The molecule has 0 aromatic rings. The van der Waals surface area contributed by atoms with E-state index >= 15 is 0 Å². The lowest BCUT2D eigenvalue weighted by molar-refractivity contribution is -0.929. The maximum absolute atomic E-state index is 2.37. The molecule has 0 saturated carbocycles. The van der Waals surface area contributed by atoms with Gasteiger partial charge in [0.25, 0.3) is 0 Å². The average Bonchev–Trinajstić information content (AvgIpc) is 2.97. The summed E-state index contributed by atoms with van der Waals surface area (Å²) in [6, 6.07) is 0. The lowest BCUT2D eigenvalue weighted by atomic mass is 10.0. The van der Waals surface area contributed by atoms with Crippen molar-refractivity contribution in [2.45, 2.75) is 227 Å². The van der Waals surface area contributed by atoms with Gasteiger partial charge in [0.1, 0.15) is 0 Å². The van der Waals surface area contributed by atoms with Crippen molar-refractivity contribution in [3.63, 3.8) is 0 Å². The summed E-state index contributed by atoms with van der Waals surface area (Å²) in [5.74, 6) is 0. The topological polar surface area (TPSA) is 0 Å². The molecule has 0 rings (SSSR count). The largest absolute Gasteiger partial charge is 1.00 e. The van der Waals surface area contributed by atoms with Crippen LogP contribution in [0.25, 0.3) is 0 Å². The molecule has 41 heavy (non-hydrogen) atoms. The second-order valence-corrected chi connectivity index (χ2v) is 13.8. The molecule has 2 heteroatoms. The zero-order valence-electron chi connectivity index (χ0n) is 29.6. The Bertz CT molecular complexity index is 429. The van der Waals surface area contributed by atoms with Crippen molar-refractivity contribution in [3.8, 4) is 0 Å². The average molecular weight is 645 g/mol. The van der Waals surface area contributed by atoms with Gasteiger partial charge in [-0.2, -0.15) is 0 Å². The first kappa shape index (κ1) is 43.6. The molecule has 0 N–H and O–H groups in total. The molecule has 0 spiro atoms. The van der Waals surface area contributed by atoms with Gasteiger partial charge in [-0.15, -0.1) is 0 Å². The van der Waals surface area contributed by atoms with Crippen LogP contribution < -0.4 is 17.0 Å². The summed E-state index contributed by atoms with van der Waals surface area (Å²) >= 11 is 0. The number of rotatable bonds is 35. The number of hydrogen-bond donors (Lipinski definition) is 0. The summed E-state index contributed by atoms with van der Waals surface area (Å²) in [5.41, 5.74) is 0. The molecule has 0 aliphatic rings. The van der Waals surface area contributed by atoms with Crippen LogP contribution in [0.2, 0.25) is 0 Å². The molecule has 0 aliphatic carbocycles. The van der Waals surface area contributed by atoms with Gasteiger partial charge in [-0.1, -0.05) is 195 Å². The summed E-state index contributed by atoms with van der Waals surface area (Å²) in [4.78, 5) is 0. The monoisotopic (exact) mass is 644 g/mol. The minimum Gasteiger partial charge on any atom is -1.00 e. The lowest BCUT2D eigenvalue weighted by Crippen LogP contribution is -3.00. The molecule has 0 fully saturated rings. The van der Waals surface area contributed by atoms with Gasteiger partial charge in [0.2, 0.25) is 0 Å². The van der Waals surface area contributed by atoms with Crippen molar-refractivity contribution in [2.24, 2.45) is 0 Å². The minimum atomic E-state index is 0. The third-order valence-electron chi connectivity index (χ3n) is 9.69. The SMILES string of the molecule is CCCCCCCCCCCCCCCCCCCCCCCCCCC[N+](CCCC)(CCCC)CCCC.[Br-]. The molecule has 0 aromatic carbocycles. The predicted octanol–water partition coefficient (Wildman–Crippen LogP) is 11.0. The quantitative estimate of drug-likeness (QED) is 0.0476. The van der Waals surface area contributed by atoms with E-state index < -0.39 is 0 Å². The van der Waals surface area contributed by atoms with Crippen LogP contribution in [-0.4, -0.2) is 30.7 Å². The summed E-state index contributed by atoms with van der Waals surface area (Å²) in [5, 5.41) is 0. The van der Waals surface area contributed by atoms with Crippen molar-refractivity contribution < 1.29 is 21.5 Å². The second-order valence-electron chi connectivity index (χ2n) is 13.8. The highest BCUT2D eigenvalue weighted by Gasteiger charge is 2.25. The fourth-order valence-electron chi connectivity index (χ4n) is 6.74. The van der Waals surface area contributed by atoms with Crippen LogP contribution >= 0.6 is 0 Å². The van der Waals surface area contributed by atoms with Crippen LogP contribution in [-0.2, 0) is 0 Å². The number of halogens is 1. The van der Waals surface area contributed by atoms with Crippen LogP contribution in [0, 0.1) is 0 Å². The molecule has 250 valence electrons. The van der Waals surface area contributed by atoms with Crippen LogP contribution in [0.5, 0.6) is 0 Å². The van der Waals surface area contributed by atoms with Gasteiger partial charge in [-0.3, -0.25) is 0 Å². The Morgan fingerprint density at radius 1 is 0.220 bits per heavy atom. The summed E-state index contributed by atoms with van der Waals surface area (Å²) < 4.78 is 1.44. The molecule has 0 unspecified atom stereocenters. The highest BCUT2D eigenvalue weighted by molar-refractivity contribution is 4.54.